The summed E-state index contributed by atoms with van der Waals surface area (Å²) in [6.45, 7) is 3.35. The molecule has 1 aromatic heterocycles. The number of carbonyl (C=O) groups is 1. The SMILES string of the molecule is Cc1cc(C(=O)Nc2ccc(-n3c(C)nc4ccccc4c3=O)cc2)ccc1[N+](=O)[O-]. The predicted molar refractivity (Wildman–Crippen MR) is 118 cm³/mol. The van der Waals surface area contributed by atoms with E-state index >= 15 is 0 Å². The molecule has 0 saturated carbocycles. The van der Waals surface area contributed by atoms with Crippen LogP contribution in [0.2, 0.25) is 0 Å². The normalized spacial score (nSPS) is 10.8. The molecule has 154 valence electrons. The molecule has 4 rings (SSSR count). The maximum atomic E-state index is 12.9. The zero-order chi connectivity index (χ0) is 22.1. The quantitative estimate of drug-likeness (QED) is 0.398. The van der Waals surface area contributed by atoms with Gasteiger partial charge in [-0.15, -0.1) is 0 Å². The van der Waals surface area contributed by atoms with Crippen LogP contribution in [0.1, 0.15) is 21.7 Å². The number of nitrogens with one attached hydrogen (secondary N) is 1. The third-order valence-corrected chi connectivity index (χ3v) is 4.98. The number of amides is 1. The van der Waals surface area contributed by atoms with Gasteiger partial charge >= 0.3 is 0 Å². The number of fused-ring (bicyclic) bond motifs is 1. The van der Waals surface area contributed by atoms with Crippen LogP contribution >= 0.6 is 0 Å². The fourth-order valence-electron chi connectivity index (χ4n) is 3.45. The zero-order valence-electron chi connectivity index (χ0n) is 16.8. The molecule has 1 amide bonds. The predicted octanol–water partition coefficient (Wildman–Crippen LogP) is 4.16. The number of rotatable bonds is 4. The molecule has 0 spiro atoms. The summed E-state index contributed by atoms with van der Waals surface area (Å²) in [5.74, 6) is 0.174. The van der Waals surface area contributed by atoms with Crippen molar-refractivity contribution in [2.24, 2.45) is 0 Å². The number of hydrogen-bond donors (Lipinski definition) is 1. The molecular formula is C23H18N4O4. The zero-order valence-corrected chi connectivity index (χ0v) is 16.8. The topological polar surface area (TPSA) is 107 Å². The van der Waals surface area contributed by atoms with Gasteiger partial charge in [0, 0.05) is 22.9 Å². The van der Waals surface area contributed by atoms with E-state index in [4.69, 9.17) is 0 Å². The van der Waals surface area contributed by atoms with Crippen molar-refractivity contribution in [2.75, 3.05) is 5.32 Å². The largest absolute Gasteiger partial charge is 0.322 e. The fraction of sp³-hybridized carbons (Fsp3) is 0.0870. The van der Waals surface area contributed by atoms with Crippen LogP contribution in [0.25, 0.3) is 16.6 Å². The van der Waals surface area contributed by atoms with Gasteiger partial charge in [-0.05, 0) is 62.4 Å². The van der Waals surface area contributed by atoms with E-state index < -0.39 is 4.92 Å². The second-order valence-electron chi connectivity index (χ2n) is 7.08. The summed E-state index contributed by atoms with van der Waals surface area (Å²) >= 11 is 0. The lowest BCUT2D eigenvalue weighted by Gasteiger charge is -2.12. The molecule has 0 unspecified atom stereocenters. The molecule has 1 heterocycles. The van der Waals surface area contributed by atoms with E-state index in [9.17, 15) is 19.7 Å². The van der Waals surface area contributed by atoms with E-state index in [0.29, 0.717) is 39.2 Å². The number of nitro benzene ring substituents is 1. The van der Waals surface area contributed by atoms with Crippen LogP contribution in [0, 0.1) is 24.0 Å². The number of nitrogens with zero attached hydrogens (tertiary/aromatic N) is 3. The highest BCUT2D eigenvalue weighted by Gasteiger charge is 2.14. The molecule has 3 aromatic carbocycles. The average molecular weight is 414 g/mol. The fourth-order valence-corrected chi connectivity index (χ4v) is 3.45. The molecule has 1 N–H and O–H groups in total. The van der Waals surface area contributed by atoms with E-state index in [1.165, 1.54) is 22.8 Å². The molecule has 0 radical (unpaired) electrons. The minimum atomic E-state index is -0.485. The van der Waals surface area contributed by atoms with Crippen molar-refractivity contribution in [1.82, 2.24) is 9.55 Å². The Balaban J connectivity index is 1.60. The molecule has 0 aliphatic heterocycles. The van der Waals surface area contributed by atoms with Crippen LogP contribution in [-0.4, -0.2) is 20.4 Å². The van der Waals surface area contributed by atoms with Gasteiger partial charge < -0.3 is 5.32 Å². The molecule has 0 aliphatic carbocycles. The van der Waals surface area contributed by atoms with Gasteiger partial charge in [0.2, 0.25) is 0 Å². The van der Waals surface area contributed by atoms with Crippen molar-refractivity contribution in [3.8, 4) is 5.69 Å². The second kappa shape index (κ2) is 7.83. The van der Waals surface area contributed by atoms with Gasteiger partial charge in [0.25, 0.3) is 17.2 Å². The van der Waals surface area contributed by atoms with Crippen molar-refractivity contribution in [2.45, 2.75) is 13.8 Å². The molecule has 8 nitrogen and oxygen atoms in total. The van der Waals surface area contributed by atoms with E-state index in [-0.39, 0.29) is 17.2 Å². The Morgan fingerprint density at radius 3 is 2.42 bits per heavy atom. The number of nitro groups is 1. The monoisotopic (exact) mass is 414 g/mol. The number of aryl methyl sites for hydroxylation is 2. The highest BCUT2D eigenvalue weighted by Crippen LogP contribution is 2.20. The first kappa shape index (κ1) is 20.0. The van der Waals surface area contributed by atoms with Gasteiger partial charge in [0.1, 0.15) is 5.82 Å². The van der Waals surface area contributed by atoms with Crippen LogP contribution < -0.4 is 10.9 Å². The van der Waals surface area contributed by atoms with Gasteiger partial charge in [-0.25, -0.2) is 4.98 Å². The summed E-state index contributed by atoms with van der Waals surface area (Å²) < 4.78 is 1.52. The molecule has 0 fully saturated rings. The number of para-hydroxylation sites is 1. The van der Waals surface area contributed by atoms with Crippen LogP contribution in [0.3, 0.4) is 0 Å². The van der Waals surface area contributed by atoms with Crippen LogP contribution in [0.5, 0.6) is 0 Å². The van der Waals surface area contributed by atoms with Crippen LogP contribution in [0.15, 0.2) is 71.5 Å². The molecule has 31 heavy (non-hydrogen) atoms. The van der Waals surface area contributed by atoms with Crippen molar-refractivity contribution >= 4 is 28.2 Å². The Morgan fingerprint density at radius 1 is 1.03 bits per heavy atom. The van der Waals surface area contributed by atoms with Crippen LogP contribution in [0.4, 0.5) is 11.4 Å². The summed E-state index contributed by atoms with van der Waals surface area (Å²) in [4.78, 5) is 40.4. The highest BCUT2D eigenvalue weighted by molar-refractivity contribution is 6.04. The van der Waals surface area contributed by atoms with Crippen molar-refractivity contribution in [1.29, 1.82) is 0 Å². The molecular weight excluding hydrogens is 396 g/mol. The molecule has 0 atom stereocenters. The highest BCUT2D eigenvalue weighted by atomic mass is 16.6. The summed E-state index contributed by atoms with van der Waals surface area (Å²) in [5.41, 5.74) is 2.33. The first-order chi connectivity index (χ1) is 14.8. The Morgan fingerprint density at radius 2 is 1.74 bits per heavy atom. The van der Waals surface area contributed by atoms with Gasteiger partial charge in [0.05, 0.1) is 21.5 Å². The van der Waals surface area contributed by atoms with E-state index in [2.05, 4.69) is 10.3 Å². The van der Waals surface area contributed by atoms with Crippen molar-refractivity contribution in [3.63, 3.8) is 0 Å². The Bertz CT molecular complexity index is 1390. The maximum absolute atomic E-state index is 12.9. The Kier molecular flexibility index (Phi) is 5.04. The van der Waals surface area contributed by atoms with Gasteiger partial charge in [-0.3, -0.25) is 24.3 Å². The smallest absolute Gasteiger partial charge is 0.272 e. The standard InChI is InChI=1S/C23H18N4O4/c1-14-13-16(7-12-21(14)27(30)31)22(28)25-17-8-10-18(11-9-17)26-15(2)24-20-6-4-3-5-19(20)23(26)29/h3-13H,1-2H3,(H,25,28). The number of benzene rings is 3. The summed E-state index contributed by atoms with van der Waals surface area (Å²) in [6.07, 6.45) is 0. The van der Waals surface area contributed by atoms with Gasteiger partial charge in [-0.2, -0.15) is 0 Å². The van der Waals surface area contributed by atoms with E-state index in [1.807, 2.05) is 6.07 Å². The van der Waals surface area contributed by atoms with E-state index in [1.54, 1.807) is 56.3 Å². The maximum Gasteiger partial charge on any atom is 0.272 e. The molecule has 4 aromatic rings. The second-order valence-corrected chi connectivity index (χ2v) is 7.08. The third kappa shape index (κ3) is 3.78. The summed E-state index contributed by atoms with van der Waals surface area (Å²) in [7, 11) is 0. The van der Waals surface area contributed by atoms with Crippen molar-refractivity contribution in [3.05, 3.63) is 104 Å². The molecule has 0 bridgehead atoms. The third-order valence-electron chi connectivity index (χ3n) is 4.98. The summed E-state index contributed by atoms with van der Waals surface area (Å²) in [6, 6.07) is 18.2. The first-order valence-corrected chi connectivity index (χ1v) is 9.50. The summed E-state index contributed by atoms with van der Waals surface area (Å²) in [5, 5.41) is 14.2. The number of carbonyl (C=O) groups excluding carboxylic acids is 1. The van der Waals surface area contributed by atoms with Crippen molar-refractivity contribution < 1.29 is 9.72 Å². The average Bonchev–Trinajstić information content (AvgIpc) is 2.74. The first-order valence-electron chi connectivity index (χ1n) is 9.50. The van der Waals surface area contributed by atoms with E-state index in [0.717, 1.165) is 0 Å². The number of anilines is 1. The molecule has 0 saturated heterocycles. The lowest BCUT2D eigenvalue weighted by molar-refractivity contribution is -0.385. The lowest BCUT2D eigenvalue weighted by atomic mass is 10.1. The van der Waals surface area contributed by atoms with Gasteiger partial charge in [0.15, 0.2) is 0 Å². The lowest BCUT2D eigenvalue weighted by Crippen LogP contribution is -2.22. The van der Waals surface area contributed by atoms with Crippen LogP contribution in [-0.2, 0) is 0 Å². The Hall–Kier alpha value is -4.33. The molecule has 8 heteroatoms. The number of hydrogen-bond acceptors (Lipinski definition) is 5. The van der Waals surface area contributed by atoms with Gasteiger partial charge in [-0.1, -0.05) is 12.1 Å². The Labute approximate surface area is 176 Å². The number of aromatic nitrogens is 2. The minimum Gasteiger partial charge on any atom is -0.322 e. The molecule has 0 aliphatic rings. The minimum absolute atomic E-state index is 0.0364.